The van der Waals surface area contributed by atoms with Crippen molar-refractivity contribution in [2.24, 2.45) is 0 Å². The molecule has 5 rings (SSSR count). The molecule has 0 aliphatic heterocycles. The van der Waals surface area contributed by atoms with Crippen molar-refractivity contribution in [1.82, 2.24) is 4.98 Å². The lowest BCUT2D eigenvalue weighted by atomic mass is 10.0. The highest BCUT2D eigenvalue weighted by molar-refractivity contribution is 9.10. The van der Waals surface area contributed by atoms with Crippen molar-refractivity contribution in [2.75, 3.05) is 5.32 Å². The van der Waals surface area contributed by atoms with Gasteiger partial charge in [-0.3, -0.25) is 4.79 Å². The van der Waals surface area contributed by atoms with Crippen molar-refractivity contribution in [3.63, 3.8) is 0 Å². The minimum absolute atomic E-state index is 0.137. The third-order valence-electron chi connectivity index (χ3n) is 5.34. The second-order valence-electron chi connectivity index (χ2n) is 7.36. The van der Waals surface area contributed by atoms with Gasteiger partial charge in [-0.1, -0.05) is 43.3 Å². The zero-order valence-electron chi connectivity index (χ0n) is 16.9. The molecule has 0 saturated carbocycles. The van der Waals surface area contributed by atoms with E-state index in [1.807, 2.05) is 72.8 Å². The number of benzene rings is 4. The van der Waals surface area contributed by atoms with E-state index in [0.29, 0.717) is 17.1 Å². The molecule has 1 heterocycles. The normalized spacial score (nSPS) is 11.2. The number of aryl methyl sites for hydroxylation is 1. The Morgan fingerprint density at radius 2 is 1.77 bits per heavy atom. The predicted octanol–water partition coefficient (Wildman–Crippen LogP) is 7.23. The maximum absolute atomic E-state index is 12.9. The number of hydrogen-bond acceptors (Lipinski definition) is 3. The number of fused-ring (bicyclic) bond motifs is 2. The van der Waals surface area contributed by atoms with Gasteiger partial charge < -0.3 is 9.73 Å². The van der Waals surface area contributed by atoms with Crippen LogP contribution in [0.25, 0.3) is 33.3 Å². The SMILES string of the molecule is CCc1cc(Br)c2oc(-c3ccc(NC(=O)c4cccc5ccccc45)cc3)nc2c1. The molecule has 0 bridgehead atoms. The molecule has 0 atom stereocenters. The van der Waals surface area contributed by atoms with E-state index in [4.69, 9.17) is 4.42 Å². The molecule has 1 aromatic heterocycles. The zero-order chi connectivity index (χ0) is 21.4. The summed E-state index contributed by atoms with van der Waals surface area (Å²) >= 11 is 3.57. The van der Waals surface area contributed by atoms with Crippen molar-refractivity contribution in [1.29, 1.82) is 0 Å². The first-order valence-electron chi connectivity index (χ1n) is 10.1. The lowest BCUT2D eigenvalue weighted by Gasteiger charge is -2.08. The Morgan fingerprint density at radius 3 is 2.58 bits per heavy atom. The van der Waals surface area contributed by atoms with Crippen LogP contribution in [0.2, 0.25) is 0 Å². The summed E-state index contributed by atoms with van der Waals surface area (Å²) < 4.78 is 6.88. The van der Waals surface area contributed by atoms with Crippen LogP contribution in [0.15, 0.2) is 87.8 Å². The van der Waals surface area contributed by atoms with Gasteiger partial charge in [-0.15, -0.1) is 0 Å². The molecule has 5 heteroatoms. The highest BCUT2D eigenvalue weighted by atomic mass is 79.9. The van der Waals surface area contributed by atoms with Gasteiger partial charge in [0.15, 0.2) is 5.58 Å². The number of amides is 1. The third-order valence-corrected chi connectivity index (χ3v) is 5.93. The highest BCUT2D eigenvalue weighted by Gasteiger charge is 2.13. The fraction of sp³-hybridized carbons (Fsp3) is 0.0769. The smallest absolute Gasteiger partial charge is 0.256 e. The molecule has 0 fully saturated rings. The molecular weight excluding hydrogens is 452 g/mol. The molecule has 1 amide bonds. The van der Waals surface area contributed by atoms with Crippen LogP contribution in [-0.4, -0.2) is 10.9 Å². The molecule has 4 aromatic carbocycles. The molecule has 31 heavy (non-hydrogen) atoms. The first-order chi connectivity index (χ1) is 15.1. The molecule has 5 aromatic rings. The molecule has 0 aliphatic rings. The Hall–Kier alpha value is -3.44. The van der Waals surface area contributed by atoms with Gasteiger partial charge in [0.25, 0.3) is 5.91 Å². The van der Waals surface area contributed by atoms with Crippen LogP contribution in [0.1, 0.15) is 22.8 Å². The molecule has 0 spiro atoms. The minimum Gasteiger partial charge on any atom is -0.435 e. The van der Waals surface area contributed by atoms with Crippen molar-refractivity contribution in [2.45, 2.75) is 13.3 Å². The number of halogens is 1. The summed E-state index contributed by atoms with van der Waals surface area (Å²) in [5.74, 6) is 0.415. The second-order valence-corrected chi connectivity index (χ2v) is 8.21. The largest absolute Gasteiger partial charge is 0.435 e. The van der Waals surface area contributed by atoms with E-state index in [-0.39, 0.29) is 5.91 Å². The van der Waals surface area contributed by atoms with Crippen LogP contribution >= 0.6 is 15.9 Å². The van der Waals surface area contributed by atoms with Gasteiger partial charge in [-0.25, -0.2) is 4.98 Å². The van der Waals surface area contributed by atoms with Crippen LogP contribution in [-0.2, 0) is 6.42 Å². The number of carbonyl (C=O) groups is 1. The summed E-state index contributed by atoms with van der Waals surface area (Å²) in [7, 11) is 0. The van der Waals surface area contributed by atoms with E-state index in [1.54, 1.807) is 0 Å². The number of nitrogens with zero attached hydrogens (tertiary/aromatic N) is 1. The van der Waals surface area contributed by atoms with Gasteiger partial charge in [0.2, 0.25) is 5.89 Å². The maximum Gasteiger partial charge on any atom is 0.256 e. The van der Waals surface area contributed by atoms with Gasteiger partial charge in [0.1, 0.15) is 5.52 Å². The summed E-state index contributed by atoms with van der Waals surface area (Å²) in [6.07, 6.45) is 0.932. The van der Waals surface area contributed by atoms with E-state index in [2.05, 4.69) is 39.2 Å². The molecule has 0 radical (unpaired) electrons. The summed E-state index contributed by atoms with van der Waals surface area (Å²) in [5.41, 5.74) is 4.98. The van der Waals surface area contributed by atoms with Gasteiger partial charge in [0.05, 0.1) is 4.47 Å². The standard InChI is InChI=1S/C26H19BrN2O2/c1-2-16-14-22(27)24-23(15-16)29-26(31-24)18-10-12-19(13-11-18)28-25(30)21-9-5-7-17-6-3-4-8-20(17)21/h3-15H,2H2,1H3,(H,28,30). The average Bonchev–Trinajstić information content (AvgIpc) is 3.24. The second kappa shape index (κ2) is 8.00. The topological polar surface area (TPSA) is 55.1 Å². The molecule has 0 saturated heterocycles. The summed E-state index contributed by atoms with van der Waals surface area (Å²) in [4.78, 5) is 17.5. The first kappa shape index (κ1) is 19.5. The van der Waals surface area contributed by atoms with E-state index in [9.17, 15) is 4.79 Å². The lowest BCUT2D eigenvalue weighted by molar-refractivity contribution is 0.102. The Labute approximate surface area is 188 Å². The fourth-order valence-corrected chi connectivity index (χ4v) is 4.27. The minimum atomic E-state index is -0.137. The van der Waals surface area contributed by atoms with Crippen LogP contribution in [0.4, 0.5) is 5.69 Å². The summed E-state index contributed by atoms with van der Waals surface area (Å²) in [5, 5.41) is 4.96. The Bertz CT molecular complexity index is 1420. The summed E-state index contributed by atoms with van der Waals surface area (Å²) in [6, 6.07) is 25.2. The fourth-order valence-electron chi connectivity index (χ4n) is 3.69. The molecule has 4 nitrogen and oxygen atoms in total. The number of nitrogens with one attached hydrogen (secondary N) is 1. The maximum atomic E-state index is 12.9. The molecule has 0 aliphatic carbocycles. The Kier molecular flexibility index (Phi) is 5.04. The number of anilines is 1. The van der Waals surface area contributed by atoms with Crippen LogP contribution < -0.4 is 5.32 Å². The lowest BCUT2D eigenvalue weighted by Crippen LogP contribution is -2.12. The third kappa shape index (κ3) is 3.73. The van der Waals surface area contributed by atoms with Crippen LogP contribution in [0.3, 0.4) is 0 Å². The summed E-state index contributed by atoms with van der Waals surface area (Å²) in [6.45, 7) is 2.11. The number of hydrogen-bond donors (Lipinski definition) is 1. The average molecular weight is 471 g/mol. The number of oxazole rings is 1. The molecular formula is C26H19BrN2O2. The Morgan fingerprint density at radius 1 is 1.00 bits per heavy atom. The number of rotatable bonds is 4. The molecule has 0 unspecified atom stereocenters. The van der Waals surface area contributed by atoms with Gasteiger partial charge in [0, 0.05) is 16.8 Å². The van der Waals surface area contributed by atoms with Gasteiger partial charge in [-0.2, -0.15) is 0 Å². The van der Waals surface area contributed by atoms with Crippen LogP contribution in [0.5, 0.6) is 0 Å². The number of aromatic nitrogens is 1. The van der Waals surface area contributed by atoms with Crippen molar-refractivity contribution in [3.8, 4) is 11.5 Å². The van der Waals surface area contributed by atoms with Crippen molar-refractivity contribution >= 4 is 49.4 Å². The van der Waals surface area contributed by atoms with E-state index < -0.39 is 0 Å². The predicted molar refractivity (Wildman–Crippen MR) is 128 cm³/mol. The quantitative estimate of drug-likeness (QED) is 0.301. The van der Waals surface area contributed by atoms with E-state index in [1.165, 1.54) is 5.56 Å². The van der Waals surface area contributed by atoms with Crippen molar-refractivity contribution < 1.29 is 9.21 Å². The monoisotopic (exact) mass is 470 g/mol. The zero-order valence-corrected chi connectivity index (χ0v) is 18.4. The van der Waals surface area contributed by atoms with Crippen molar-refractivity contribution in [3.05, 3.63) is 94.5 Å². The number of carbonyl (C=O) groups excluding carboxylic acids is 1. The van der Waals surface area contributed by atoms with E-state index >= 15 is 0 Å². The van der Waals surface area contributed by atoms with E-state index in [0.717, 1.165) is 38.3 Å². The molecule has 152 valence electrons. The Balaban J connectivity index is 1.41. The molecule has 1 N–H and O–H groups in total. The highest BCUT2D eigenvalue weighted by Crippen LogP contribution is 2.31. The van der Waals surface area contributed by atoms with Crippen LogP contribution in [0, 0.1) is 0 Å². The first-order valence-corrected chi connectivity index (χ1v) is 10.9. The van der Waals surface area contributed by atoms with Gasteiger partial charge >= 0.3 is 0 Å². The van der Waals surface area contributed by atoms with Gasteiger partial charge in [-0.05, 0) is 81.2 Å².